The van der Waals surface area contributed by atoms with Crippen molar-refractivity contribution in [3.05, 3.63) is 60.8 Å². The molecule has 2 heteroatoms. The lowest BCUT2D eigenvalue weighted by molar-refractivity contribution is -0.114. The molecule has 0 aromatic heterocycles. The SMILES string of the molecule is C=C(/C=C\CC)CC(=O)C(=C)/C=C\C=C/C.CC.CC.CF. The van der Waals surface area contributed by atoms with Crippen LogP contribution in [0.25, 0.3) is 0 Å². The predicted octanol–water partition coefficient (Wildman–Crippen LogP) is 6.79. The normalized spacial score (nSPS) is 9.27. The second kappa shape index (κ2) is 27.6. The van der Waals surface area contributed by atoms with E-state index in [1.807, 2.05) is 71.9 Å². The molecule has 0 aromatic rings. The lowest BCUT2D eigenvalue weighted by Gasteiger charge is -1.99. The maximum absolute atomic E-state index is 11.6. The highest BCUT2D eigenvalue weighted by atomic mass is 19.1. The van der Waals surface area contributed by atoms with Crippen molar-refractivity contribution < 1.29 is 9.18 Å². The van der Waals surface area contributed by atoms with E-state index in [4.69, 9.17) is 0 Å². The van der Waals surface area contributed by atoms with Crippen molar-refractivity contribution in [2.75, 3.05) is 7.18 Å². The van der Waals surface area contributed by atoms with Gasteiger partial charge in [-0.1, -0.05) is 84.2 Å². The lowest BCUT2D eigenvalue weighted by atomic mass is 10.0. The molecule has 0 amide bonds. The Morgan fingerprint density at radius 2 is 1.50 bits per heavy atom. The summed E-state index contributed by atoms with van der Waals surface area (Å²) in [6.45, 7) is 19.5. The first-order chi connectivity index (χ1) is 10.6. The number of carbonyl (C=O) groups excluding carboxylic acids is 1. The summed E-state index contributed by atoms with van der Waals surface area (Å²) in [4.78, 5) is 11.6. The number of hydrogen-bond donors (Lipinski definition) is 0. The summed E-state index contributed by atoms with van der Waals surface area (Å²) in [7, 11) is 0.500. The zero-order valence-corrected chi connectivity index (χ0v) is 15.6. The fourth-order valence-corrected chi connectivity index (χ4v) is 1.04. The van der Waals surface area contributed by atoms with Crippen molar-refractivity contribution in [3.8, 4) is 0 Å². The van der Waals surface area contributed by atoms with Crippen LogP contribution in [0.2, 0.25) is 0 Å². The third-order valence-corrected chi connectivity index (χ3v) is 1.94. The molecule has 0 radical (unpaired) electrons. The largest absolute Gasteiger partial charge is 0.294 e. The van der Waals surface area contributed by atoms with Gasteiger partial charge in [0.05, 0.1) is 7.18 Å². The van der Waals surface area contributed by atoms with E-state index in [9.17, 15) is 9.18 Å². The summed E-state index contributed by atoms with van der Waals surface area (Å²) >= 11 is 0. The highest BCUT2D eigenvalue weighted by Crippen LogP contribution is 2.07. The molecule has 0 aliphatic heterocycles. The number of Topliss-reactive ketones (excluding diaryl/α,β-unsaturated/α-hetero) is 1. The minimum Gasteiger partial charge on any atom is -0.294 e. The molecule has 0 unspecified atom stereocenters. The van der Waals surface area contributed by atoms with E-state index in [1.54, 1.807) is 6.08 Å². The molecule has 0 N–H and O–H groups in total. The van der Waals surface area contributed by atoms with E-state index in [2.05, 4.69) is 13.2 Å². The minimum absolute atomic E-state index is 0.0199. The van der Waals surface area contributed by atoms with Gasteiger partial charge in [0.15, 0.2) is 5.78 Å². The third-order valence-electron chi connectivity index (χ3n) is 1.94. The highest BCUT2D eigenvalue weighted by molar-refractivity contribution is 5.99. The Morgan fingerprint density at radius 1 is 1.00 bits per heavy atom. The number of rotatable bonds is 7. The van der Waals surface area contributed by atoms with Gasteiger partial charge < -0.3 is 0 Å². The lowest BCUT2D eigenvalue weighted by Crippen LogP contribution is -1.99. The van der Waals surface area contributed by atoms with E-state index in [0.717, 1.165) is 12.0 Å². The molecular weight excluding hydrogens is 275 g/mol. The van der Waals surface area contributed by atoms with Crippen LogP contribution < -0.4 is 0 Å². The van der Waals surface area contributed by atoms with Gasteiger partial charge in [-0.05, 0) is 18.9 Å². The molecule has 0 saturated heterocycles. The molecule has 128 valence electrons. The van der Waals surface area contributed by atoms with Crippen LogP contribution in [0, 0.1) is 0 Å². The summed E-state index contributed by atoms with van der Waals surface area (Å²) in [5.41, 5.74) is 1.34. The summed E-state index contributed by atoms with van der Waals surface area (Å²) in [6, 6.07) is 0. The fraction of sp³-hybridized carbons (Fsp3) is 0.450. The Kier molecular flexibility index (Phi) is 35.7. The zero-order valence-electron chi connectivity index (χ0n) is 15.6. The van der Waals surface area contributed by atoms with E-state index < -0.39 is 0 Å². The van der Waals surface area contributed by atoms with Gasteiger partial charge in [0.2, 0.25) is 0 Å². The molecule has 0 atom stereocenters. The Balaban J connectivity index is -0.000000238. The van der Waals surface area contributed by atoms with Gasteiger partial charge in [-0.3, -0.25) is 9.18 Å². The molecule has 1 nitrogen and oxygen atoms in total. The first-order valence-corrected chi connectivity index (χ1v) is 7.85. The van der Waals surface area contributed by atoms with Crippen molar-refractivity contribution in [3.63, 3.8) is 0 Å². The van der Waals surface area contributed by atoms with E-state index >= 15 is 0 Å². The summed E-state index contributed by atoms with van der Waals surface area (Å²) in [5, 5.41) is 0. The first kappa shape index (κ1) is 28.5. The number of hydrogen-bond acceptors (Lipinski definition) is 1. The van der Waals surface area contributed by atoms with Crippen LogP contribution in [0.4, 0.5) is 4.39 Å². The Hall–Kier alpha value is -1.70. The highest BCUT2D eigenvalue weighted by Gasteiger charge is 2.04. The number of ketones is 1. The van der Waals surface area contributed by atoms with E-state index in [0.29, 0.717) is 19.2 Å². The number of alkyl halides is 1. The number of halogens is 1. The second-order valence-corrected chi connectivity index (χ2v) is 3.48. The summed E-state index contributed by atoms with van der Waals surface area (Å²) < 4.78 is 9.50. The number of allylic oxidation sites excluding steroid dienone is 8. The quantitative estimate of drug-likeness (QED) is 0.373. The maximum atomic E-state index is 11.6. The van der Waals surface area contributed by atoms with Crippen molar-refractivity contribution in [1.82, 2.24) is 0 Å². The van der Waals surface area contributed by atoms with Crippen LogP contribution in [-0.2, 0) is 4.79 Å². The molecule has 0 aliphatic rings. The summed E-state index contributed by atoms with van der Waals surface area (Å²) in [5.74, 6) is 0.0199. The Labute approximate surface area is 138 Å². The molecule has 22 heavy (non-hydrogen) atoms. The van der Waals surface area contributed by atoms with Gasteiger partial charge >= 0.3 is 0 Å². The van der Waals surface area contributed by atoms with Crippen LogP contribution >= 0.6 is 0 Å². The molecule has 0 saturated carbocycles. The minimum atomic E-state index is 0.0199. The molecule has 0 heterocycles. The van der Waals surface area contributed by atoms with Gasteiger partial charge in [-0.25, -0.2) is 0 Å². The molecule has 0 aromatic carbocycles. The van der Waals surface area contributed by atoms with Gasteiger partial charge in [-0.15, -0.1) is 0 Å². The molecule has 0 spiro atoms. The van der Waals surface area contributed by atoms with Crippen molar-refractivity contribution in [1.29, 1.82) is 0 Å². The summed E-state index contributed by atoms with van der Waals surface area (Å²) in [6.07, 6.45) is 12.5. The van der Waals surface area contributed by atoms with E-state index in [1.165, 1.54) is 0 Å². The van der Waals surface area contributed by atoms with Crippen LogP contribution in [0.3, 0.4) is 0 Å². The van der Waals surface area contributed by atoms with Crippen molar-refractivity contribution in [2.24, 2.45) is 0 Å². The van der Waals surface area contributed by atoms with Gasteiger partial charge in [0, 0.05) is 12.0 Å². The smallest absolute Gasteiger partial charge is 0.166 e. The second-order valence-electron chi connectivity index (χ2n) is 3.48. The van der Waals surface area contributed by atoms with Crippen LogP contribution in [0.5, 0.6) is 0 Å². The molecular formula is C20H35FO. The number of carbonyl (C=O) groups is 1. The maximum Gasteiger partial charge on any atom is 0.166 e. The third kappa shape index (κ3) is 23.4. The topological polar surface area (TPSA) is 17.1 Å². The Morgan fingerprint density at radius 3 is 1.91 bits per heavy atom. The average molecular weight is 310 g/mol. The standard InChI is InChI=1S/C15H20O.2C2H6.CH3F/c1-5-7-9-11-14(4)15(16)12-13(3)10-8-6-2;3*1-2/h5,7-11H,3-4,6,12H2,1-2H3;2*1-2H3;1H3/b7-5-,10-8-,11-9-;;;. The fourth-order valence-electron chi connectivity index (χ4n) is 1.04. The molecule has 0 aliphatic carbocycles. The monoisotopic (exact) mass is 310 g/mol. The molecule has 0 fully saturated rings. The van der Waals surface area contributed by atoms with Crippen molar-refractivity contribution >= 4 is 5.78 Å². The van der Waals surface area contributed by atoms with Gasteiger partial charge in [0.25, 0.3) is 0 Å². The average Bonchev–Trinajstić information content (AvgIpc) is 2.58. The molecule has 0 rings (SSSR count). The molecule has 0 bridgehead atoms. The van der Waals surface area contributed by atoms with Gasteiger partial charge in [-0.2, -0.15) is 0 Å². The Bertz CT molecular complexity index is 347. The van der Waals surface area contributed by atoms with E-state index in [-0.39, 0.29) is 5.78 Å². The predicted molar refractivity (Wildman–Crippen MR) is 101 cm³/mol. The van der Waals surface area contributed by atoms with Crippen LogP contribution in [0.1, 0.15) is 54.4 Å². The van der Waals surface area contributed by atoms with Crippen molar-refractivity contribution in [2.45, 2.75) is 54.4 Å². The van der Waals surface area contributed by atoms with Crippen LogP contribution in [0.15, 0.2) is 60.8 Å². The first-order valence-electron chi connectivity index (χ1n) is 7.85. The zero-order chi connectivity index (χ0) is 18.4. The van der Waals surface area contributed by atoms with Crippen LogP contribution in [-0.4, -0.2) is 13.0 Å². The van der Waals surface area contributed by atoms with Gasteiger partial charge in [0.1, 0.15) is 0 Å².